The molecule has 0 spiro atoms. The van der Waals surface area contributed by atoms with Gasteiger partial charge in [0.2, 0.25) is 10.0 Å². The molecule has 2 heterocycles. The van der Waals surface area contributed by atoms with Crippen LogP contribution in [0.4, 0.5) is 5.69 Å². The molecular formula is C22H28N4O5S. The summed E-state index contributed by atoms with van der Waals surface area (Å²) < 4.78 is 27.9. The average molecular weight is 461 g/mol. The Bertz CT molecular complexity index is 1190. The van der Waals surface area contributed by atoms with Crippen LogP contribution in [0.3, 0.4) is 0 Å². The van der Waals surface area contributed by atoms with Gasteiger partial charge >= 0.3 is 0 Å². The van der Waals surface area contributed by atoms with E-state index in [9.17, 15) is 18.0 Å². The van der Waals surface area contributed by atoms with Crippen molar-refractivity contribution in [3.63, 3.8) is 0 Å². The number of benzene rings is 1. The molecule has 10 heteroatoms. The number of aromatic nitrogens is 1. The van der Waals surface area contributed by atoms with Gasteiger partial charge in [-0.05, 0) is 56.5 Å². The first-order valence-corrected chi connectivity index (χ1v) is 11.9. The molecule has 172 valence electrons. The number of H-pyrrole nitrogens is 1. The molecule has 0 unspecified atom stereocenters. The highest BCUT2D eigenvalue weighted by Crippen LogP contribution is 2.36. The Morgan fingerprint density at radius 3 is 2.44 bits per heavy atom. The van der Waals surface area contributed by atoms with Gasteiger partial charge in [0.25, 0.3) is 11.8 Å². The Labute approximate surface area is 187 Å². The quantitative estimate of drug-likeness (QED) is 0.273. The van der Waals surface area contributed by atoms with E-state index < -0.39 is 15.9 Å². The van der Waals surface area contributed by atoms with Crippen LogP contribution in [-0.2, 0) is 14.8 Å². The van der Waals surface area contributed by atoms with E-state index in [4.69, 9.17) is 5.21 Å². The van der Waals surface area contributed by atoms with Crippen LogP contribution >= 0.6 is 0 Å². The summed E-state index contributed by atoms with van der Waals surface area (Å²) in [5.74, 6) is -1.02. The van der Waals surface area contributed by atoms with Gasteiger partial charge in [0.05, 0.1) is 16.0 Å². The second-order valence-corrected chi connectivity index (χ2v) is 9.67. The lowest BCUT2D eigenvalue weighted by atomic mass is 10.0. The van der Waals surface area contributed by atoms with Crippen molar-refractivity contribution in [2.45, 2.75) is 45.4 Å². The molecule has 0 saturated heterocycles. The number of nitrogens with zero attached hydrogens (tertiary/aromatic N) is 1. The fraction of sp³-hybridized carbons (Fsp3) is 0.364. The Morgan fingerprint density at radius 1 is 1.19 bits per heavy atom. The number of carbonyl (C=O) groups excluding carboxylic acids is 2. The van der Waals surface area contributed by atoms with E-state index in [1.165, 1.54) is 16.4 Å². The molecule has 0 radical (unpaired) electrons. The third-order valence-corrected chi connectivity index (χ3v) is 7.35. The van der Waals surface area contributed by atoms with Crippen molar-refractivity contribution in [2.75, 3.05) is 18.4 Å². The lowest BCUT2D eigenvalue weighted by molar-refractivity contribution is -0.110. The Balaban J connectivity index is 2.08. The SMILES string of the molecule is CCCN(CCC)S(=O)(=O)c1ccc2c(c1)/C(=C\c1[nH]c(C)c(C(=O)NO)c1C)C(=O)N2. The minimum Gasteiger partial charge on any atom is -0.358 e. The number of hydrogen-bond acceptors (Lipinski definition) is 5. The van der Waals surface area contributed by atoms with Crippen molar-refractivity contribution in [1.29, 1.82) is 0 Å². The highest BCUT2D eigenvalue weighted by atomic mass is 32.2. The number of anilines is 1. The number of rotatable bonds is 8. The van der Waals surface area contributed by atoms with E-state index in [2.05, 4.69) is 10.3 Å². The largest absolute Gasteiger partial charge is 0.358 e. The molecule has 1 aromatic carbocycles. The normalized spacial score (nSPS) is 14.7. The number of nitrogens with one attached hydrogen (secondary N) is 3. The third kappa shape index (κ3) is 4.21. The van der Waals surface area contributed by atoms with Crippen molar-refractivity contribution in [3.8, 4) is 0 Å². The summed E-state index contributed by atoms with van der Waals surface area (Å²) in [7, 11) is -3.71. The van der Waals surface area contributed by atoms with Gasteiger partial charge in [-0.25, -0.2) is 13.9 Å². The standard InChI is InChI=1S/C22H28N4O5S/c1-5-9-26(10-6-2)32(30,31)15-7-8-18-16(11-15)17(21(27)24-18)12-19-13(3)20(14(4)23-19)22(28)25-29/h7-8,11-12,23,29H,5-6,9-10H2,1-4H3,(H,24,27)(H,25,28)/b17-12+. The van der Waals surface area contributed by atoms with Gasteiger partial charge in [-0.3, -0.25) is 14.8 Å². The number of fused-ring (bicyclic) bond motifs is 1. The zero-order valence-corrected chi connectivity index (χ0v) is 19.4. The van der Waals surface area contributed by atoms with Gasteiger partial charge in [-0.1, -0.05) is 13.8 Å². The summed E-state index contributed by atoms with van der Waals surface area (Å²) in [4.78, 5) is 27.8. The van der Waals surface area contributed by atoms with Crippen molar-refractivity contribution in [2.24, 2.45) is 0 Å². The lowest BCUT2D eigenvalue weighted by Gasteiger charge is -2.21. The molecule has 0 bridgehead atoms. The molecule has 4 N–H and O–H groups in total. The average Bonchev–Trinajstić information content (AvgIpc) is 3.22. The molecule has 2 amide bonds. The summed E-state index contributed by atoms with van der Waals surface area (Å²) in [5, 5.41) is 11.7. The van der Waals surface area contributed by atoms with Crippen LogP contribution < -0.4 is 10.8 Å². The lowest BCUT2D eigenvalue weighted by Crippen LogP contribution is -2.32. The number of aryl methyl sites for hydroxylation is 1. The predicted octanol–water partition coefficient (Wildman–Crippen LogP) is 3.05. The first-order chi connectivity index (χ1) is 15.1. The van der Waals surface area contributed by atoms with Crippen LogP contribution in [0.1, 0.15) is 59.6 Å². The number of aromatic amines is 1. The van der Waals surface area contributed by atoms with Crippen LogP contribution in [0.15, 0.2) is 23.1 Å². The maximum absolute atomic E-state index is 13.2. The minimum atomic E-state index is -3.71. The van der Waals surface area contributed by atoms with Crippen molar-refractivity contribution in [3.05, 3.63) is 46.3 Å². The van der Waals surface area contributed by atoms with Gasteiger partial charge in [0, 0.05) is 35.7 Å². The Hall–Kier alpha value is -2.95. The third-order valence-electron chi connectivity index (χ3n) is 5.45. The number of hydrogen-bond donors (Lipinski definition) is 4. The van der Waals surface area contributed by atoms with Crippen molar-refractivity contribution < 1.29 is 23.2 Å². The molecule has 9 nitrogen and oxygen atoms in total. The van der Waals surface area contributed by atoms with E-state index in [1.807, 2.05) is 13.8 Å². The monoisotopic (exact) mass is 460 g/mol. The van der Waals surface area contributed by atoms with Gasteiger partial charge in [-0.2, -0.15) is 4.31 Å². The summed E-state index contributed by atoms with van der Waals surface area (Å²) in [5.41, 5.74) is 4.80. The van der Waals surface area contributed by atoms with E-state index >= 15 is 0 Å². The Kier molecular flexibility index (Phi) is 6.87. The summed E-state index contributed by atoms with van der Waals surface area (Å²) in [6, 6.07) is 4.61. The van der Waals surface area contributed by atoms with Gasteiger partial charge in [0.1, 0.15) is 0 Å². The molecule has 0 atom stereocenters. The first kappa shape index (κ1) is 23.7. The van der Waals surface area contributed by atoms with Crippen LogP contribution in [0, 0.1) is 13.8 Å². The Morgan fingerprint density at radius 2 is 1.84 bits per heavy atom. The van der Waals surface area contributed by atoms with Crippen molar-refractivity contribution in [1.82, 2.24) is 14.8 Å². The number of carbonyl (C=O) groups is 2. The molecule has 1 aromatic heterocycles. The van der Waals surface area contributed by atoms with Crippen LogP contribution in [0.5, 0.6) is 0 Å². The molecule has 1 aliphatic rings. The zero-order chi connectivity index (χ0) is 23.6. The van der Waals surface area contributed by atoms with Gasteiger partial charge in [0.15, 0.2) is 0 Å². The zero-order valence-electron chi connectivity index (χ0n) is 18.6. The number of sulfonamides is 1. The molecule has 0 aliphatic carbocycles. The second-order valence-electron chi connectivity index (χ2n) is 7.73. The molecule has 0 saturated carbocycles. The molecular weight excluding hydrogens is 432 g/mol. The van der Waals surface area contributed by atoms with E-state index in [-0.39, 0.29) is 21.9 Å². The van der Waals surface area contributed by atoms with Crippen LogP contribution in [0.2, 0.25) is 0 Å². The molecule has 2 aromatic rings. The van der Waals surface area contributed by atoms with Crippen LogP contribution in [-0.4, -0.2) is 47.8 Å². The predicted molar refractivity (Wildman–Crippen MR) is 122 cm³/mol. The topological polar surface area (TPSA) is 132 Å². The van der Waals surface area contributed by atoms with Crippen molar-refractivity contribution >= 4 is 39.2 Å². The molecule has 1 aliphatic heterocycles. The minimum absolute atomic E-state index is 0.125. The molecule has 32 heavy (non-hydrogen) atoms. The maximum Gasteiger partial charge on any atom is 0.276 e. The number of amides is 2. The van der Waals surface area contributed by atoms with Gasteiger partial charge in [-0.15, -0.1) is 0 Å². The van der Waals surface area contributed by atoms with E-state index in [1.54, 1.807) is 31.5 Å². The first-order valence-electron chi connectivity index (χ1n) is 10.5. The van der Waals surface area contributed by atoms with Crippen LogP contribution in [0.25, 0.3) is 11.6 Å². The fourth-order valence-corrected chi connectivity index (χ4v) is 5.58. The second kappa shape index (κ2) is 9.27. The molecule has 3 rings (SSSR count). The highest BCUT2D eigenvalue weighted by molar-refractivity contribution is 7.89. The molecule has 0 fully saturated rings. The number of hydroxylamine groups is 1. The highest BCUT2D eigenvalue weighted by Gasteiger charge is 2.30. The summed E-state index contributed by atoms with van der Waals surface area (Å²) in [6.07, 6.45) is 2.99. The summed E-state index contributed by atoms with van der Waals surface area (Å²) in [6.45, 7) is 8.08. The van der Waals surface area contributed by atoms with Gasteiger partial charge < -0.3 is 10.3 Å². The smallest absolute Gasteiger partial charge is 0.276 e. The fourth-order valence-electron chi connectivity index (χ4n) is 3.93. The van der Waals surface area contributed by atoms with E-state index in [0.717, 1.165) is 0 Å². The maximum atomic E-state index is 13.2. The van der Waals surface area contributed by atoms with E-state index in [0.29, 0.717) is 54.1 Å². The summed E-state index contributed by atoms with van der Waals surface area (Å²) >= 11 is 0.